The lowest BCUT2D eigenvalue weighted by Gasteiger charge is -2.25. The first-order valence-electron chi connectivity index (χ1n) is 8.50. The summed E-state index contributed by atoms with van der Waals surface area (Å²) >= 11 is 1.92. The van der Waals surface area contributed by atoms with Gasteiger partial charge in [-0.3, -0.25) is 4.79 Å². The smallest absolute Gasteiger partial charge is 0.222 e. The first kappa shape index (κ1) is 19.8. The summed E-state index contributed by atoms with van der Waals surface area (Å²) in [6.07, 6.45) is 1.36. The Morgan fingerprint density at radius 1 is 1.12 bits per heavy atom. The lowest BCUT2D eigenvalue weighted by Crippen LogP contribution is -2.42. The van der Waals surface area contributed by atoms with Gasteiger partial charge in [0.2, 0.25) is 5.91 Å². The molecule has 2 aromatic rings. The minimum atomic E-state index is 0. The number of hydrogen-bond donors (Lipinski definition) is 2. The van der Waals surface area contributed by atoms with Gasteiger partial charge in [-0.25, -0.2) is 0 Å². The highest BCUT2D eigenvalue weighted by Gasteiger charge is 2.20. The molecule has 1 aliphatic heterocycles. The molecule has 1 amide bonds. The van der Waals surface area contributed by atoms with Gasteiger partial charge in [-0.1, -0.05) is 60.7 Å². The van der Waals surface area contributed by atoms with Crippen LogP contribution >= 0.6 is 24.2 Å². The van der Waals surface area contributed by atoms with Crippen LogP contribution in [-0.4, -0.2) is 30.0 Å². The standard InChI is InChI=1S/C20H24N2OS.ClH/c23-20(14-18-15-24-12-11-21-18)22-19(17-9-5-2-6-10-17)13-16-7-3-1-4-8-16;/h1-10,18-19,21H,11-15H2,(H,22,23);1H. The number of amides is 1. The zero-order chi connectivity index (χ0) is 16.6. The van der Waals surface area contributed by atoms with Crippen molar-refractivity contribution in [2.24, 2.45) is 0 Å². The molecule has 2 N–H and O–H groups in total. The largest absolute Gasteiger partial charge is 0.349 e. The van der Waals surface area contributed by atoms with Gasteiger partial charge in [0.25, 0.3) is 0 Å². The fourth-order valence-electron chi connectivity index (χ4n) is 3.02. The van der Waals surface area contributed by atoms with Gasteiger partial charge in [-0.2, -0.15) is 11.8 Å². The summed E-state index contributed by atoms with van der Waals surface area (Å²) in [7, 11) is 0. The van der Waals surface area contributed by atoms with Crippen molar-refractivity contribution < 1.29 is 4.79 Å². The van der Waals surface area contributed by atoms with Crippen molar-refractivity contribution in [1.82, 2.24) is 10.6 Å². The Labute approximate surface area is 160 Å². The summed E-state index contributed by atoms with van der Waals surface area (Å²) < 4.78 is 0. The number of carbonyl (C=O) groups excluding carboxylic acids is 1. The maximum Gasteiger partial charge on any atom is 0.222 e. The fourth-order valence-corrected chi connectivity index (χ4v) is 3.96. The molecule has 1 saturated heterocycles. The van der Waals surface area contributed by atoms with E-state index in [1.54, 1.807) is 0 Å². The van der Waals surface area contributed by atoms with E-state index in [1.807, 2.05) is 48.2 Å². The van der Waals surface area contributed by atoms with E-state index in [9.17, 15) is 4.79 Å². The molecule has 25 heavy (non-hydrogen) atoms. The minimum absolute atomic E-state index is 0. The summed E-state index contributed by atoms with van der Waals surface area (Å²) in [4.78, 5) is 12.5. The number of rotatable bonds is 6. The van der Waals surface area contributed by atoms with Gasteiger partial charge in [-0.05, 0) is 17.5 Å². The molecule has 0 aromatic heterocycles. The highest BCUT2D eigenvalue weighted by Crippen LogP contribution is 2.19. The van der Waals surface area contributed by atoms with E-state index in [2.05, 4.69) is 34.9 Å². The van der Waals surface area contributed by atoms with Crippen molar-refractivity contribution in [3.8, 4) is 0 Å². The number of benzene rings is 2. The normalized spacial score (nSPS) is 18.0. The number of hydrogen-bond acceptors (Lipinski definition) is 3. The summed E-state index contributed by atoms with van der Waals surface area (Å²) in [6, 6.07) is 20.9. The minimum Gasteiger partial charge on any atom is -0.349 e. The Bertz CT molecular complexity index is 633. The summed E-state index contributed by atoms with van der Waals surface area (Å²) in [5.74, 6) is 2.28. The van der Waals surface area contributed by atoms with Gasteiger partial charge in [0.1, 0.15) is 0 Å². The summed E-state index contributed by atoms with van der Waals surface area (Å²) in [5.41, 5.74) is 2.39. The number of halogens is 1. The topological polar surface area (TPSA) is 41.1 Å². The van der Waals surface area contributed by atoms with Crippen LogP contribution in [0, 0.1) is 0 Å². The van der Waals surface area contributed by atoms with Crippen molar-refractivity contribution in [2.75, 3.05) is 18.1 Å². The van der Waals surface area contributed by atoms with Crippen LogP contribution in [0.5, 0.6) is 0 Å². The highest BCUT2D eigenvalue weighted by molar-refractivity contribution is 7.99. The Kier molecular flexibility index (Phi) is 8.32. The van der Waals surface area contributed by atoms with Gasteiger partial charge < -0.3 is 10.6 Å². The maximum absolute atomic E-state index is 12.5. The zero-order valence-corrected chi connectivity index (χ0v) is 15.8. The van der Waals surface area contributed by atoms with Gasteiger partial charge in [0.05, 0.1) is 6.04 Å². The van der Waals surface area contributed by atoms with Crippen LogP contribution in [0.1, 0.15) is 23.6 Å². The van der Waals surface area contributed by atoms with Gasteiger partial charge in [0, 0.05) is 30.5 Å². The van der Waals surface area contributed by atoms with Gasteiger partial charge >= 0.3 is 0 Å². The molecule has 3 nitrogen and oxygen atoms in total. The summed E-state index contributed by atoms with van der Waals surface area (Å²) in [6.45, 7) is 0.995. The third kappa shape index (κ3) is 6.38. The van der Waals surface area contributed by atoms with Crippen LogP contribution in [0.4, 0.5) is 0 Å². The Hall–Kier alpha value is -1.49. The lowest BCUT2D eigenvalue weighted by molar-refractivity contribution is -0.122. The Morgan fingerprint density at radius 3 is 2.44 bits per heavy atom. The second-order valence-corrected chi connectivity index (χ2v) is 7.30. The van der Waals surface area contributed by atoms with Gasteiger partial charge in [-0.15, -0.1) is 12.4 Å². The lowest BCUT2D eigenvalue weighted by atomic mass is 9.98. The molecule has 134 valence electrons. The molecule has 1 fully saturated rings. The number of nitrogens with one attached hydrogen (secondary N) is 2. The molecule has 5 heteroatoms. The quantitative estimate of drug-likeness (QED) is 0.809. The summed E-state index contributed by atoms with van der Waals surface area (Å²) in [5, 5.41) is 6.67. The van der Waals surface area contributed by atoms with Crippen molar-refractivity contribution in [2.45, 2.75) is 24.9 Å². The van der Waals surface area contributed by atoms with Crippen LogP contribution in [0.25, 0.3) is 0 Å². The van der Waals surface area contributed by atoms with Crippen LogP contribution in [0.15, 0.2) is 60.7 Å². The Balaban J connectivity index is 0.00000225. The van der Waals surface area contributed by atoms with Crippen LogP contribution in [0.2, 0.25) is 0 Å². The molecule has 0 radical (unpaired) electrons. The molecule has 1 heterocycles. The van der Waals surface area contributed by atoms with E-state index in [-0.39, 0.29) is 30.4 Å². The van der Waals surface area contributed by atoms with Crippen LogP contribution < -0.4 is 10.6 Å². The molecule has 1 aliphatic rings. The van der Waals surface area contributed by atoms with Crippen molar-refractivity contribution >= 4 is 30.1 Å². The molecule has 0 bridgehead atoms. The fraction of sp³-hybridized carbons (Fsp3) is 0.350. The molecular weight excluding hydrogens is 352 g/mol. The molecule has 2 aromatic carbocycles. The first-order valence-corrected chi connectivity index (χ1v) is 9.66. The van der Waals surface area contributed by atoms with Crippen molar-refractivity contribution in [3.63, 3.8) is 0 Å². The molecule has 0 spiro atoms. The van der Waals surface area contributed by atoms with E-state index in [4.69, 9.17) is 0 Å². The zero-order valence-electron chi connectivity index (χ0n) is 14.2. The number of thioether (sulfide) groups is 1. The first-order chi connectivity index (χ1) is 11.8. The molecule has 2 unspecified atom stereocenters. The number of carbonyl (C=O) groups is 1. The van der Waals surface area contributed by atoms with E-state index < -0.39 is 0 Å². The van der Waals surface area contributed by atoms with Crippen LogP contribution in [0.3, 0.4) is 0 Å². The van der Waals surface area contributed by atoms with E-state index in [0.29, 0.717) is 6.42 Å². The van der Waals surface area contributed by atoms with E-state index >= 15 is 0 Å². The van der Waals surface area contributed by atoms with Crippen molar-refractivity contribution in [1.29, 1.82) is 0 Å². The monoisotopic (exact) mass is 376 g/mol. The average Bonchev–Trinajstić information content (AvgIpc) is 2.63. The SMILES string of the molecule is Cl.O=C(CC1CSCCN1)NC(Cc1ccccc1)c1ccccc1. The highest BCUT2D eigenvalue weighted by atomic mass is 35.5. The predicted molar refractivity (Wildman–Crippen MR) is 108 cm³/mol. The van der Waals surface area contributed by atoms with E-state index in [1.165, 1.54) is 5.56 Å². The molecule has 0 saturated carbocycles. The third-order valence-corrected chi connectivity index (χ3v) is 5.38. The molecule has 0 aliphatic carbocycles. The Morgan fingerprint density at radius 2 is 1.80 bits per heavy atom. The predicted octanol–water partition coefficient (Wildman–Crippen LogP) is 3.60. The van der Waals surface area contributed by atoms with Crippen molar-refractivity contribution in [3.05, 3.63) is 71.8 Å². The maximum atomic E-state index is 12.5. The second kappa shape index (κ2) is 10.5. The van der Waals surface area contributed by atoms with Gasteiger partial charge in [0.15, 0.2) is 0 Å². The molecular formula is C20H25ClN2OS. The average molecular weight is 377 g/mol. The molecule has 3 rings (SSSR count). The second-order valence-electron chi connectivity index (χ2n) is 6.15. The molecule has 2 atom stereocenters. The third-order valence-electron chi connectivity index (χ3n) is 4.25. The van der Waals surface area contributed by atoms with Crippen LogP contribution in [-0.2, 0) is 11.2 Å². The van der Waals surface area contributed by atoms with E-state index in [0.717, 1.165) is 30.0 Å².